The molecule has 0 aliphatic carbocycles. The number of ether oxygens (including phenoxy) is 1. The Kier molecular flexibility index (Phi) is 6.87. The lowest BCUT2D eigenvalue weighted by Crippen LogP contribution is -2.50. The number of hydrogen-bond acceptors (Lipinski definition) is 5. The summed E-state index contributed by atoms with van der Waals surface area (Å²) in [5.41, 5.74) is 0.925. The molecule has 0 N–H and O–H groups in total. The number of piperidine rings is 1. The van der Waals surface area contributed by atoms with E-state index in [2.05, 4.69) is 4.98 Å². The summed E-state index contributed by atoms with van der Waals surface area (Å²) >= 11 is 0. The van der Waals surface area contributed by atoms with Crippen LogP contribution >= 0.6 is 0 Å². The molecule has 1 unspecified atom stereocenters. The first-order valence-corrected chi connectivity index (χ1v) is 11.2. The van der Waals surface area contributed by atoms with Crippen molar-refractivity contribution in [1.82, 2.24) is 14.2 Å². The van der Waals surface area contributed by atoms with Crippen LogP contribution in [0.3, 0.4) is 0 Å². The van der Waals surface area contributed by atoms with Crippen LogP contribution in [0.15, 0.2) is 53.7 Å². The van der Waals surface area contributed by atoms with Crippen LogP contribution in [0.4, 0.5) is 0 Å². The summed E-state index contributed by atoms with van der Waals surface area (Å²) in [5, 5.41) is 0. The summed E-state index contributed by atoms with van der Waals surface area (Å²) in [6.45, 7) is 5.09. The number of hydrogen-bond donors (Lipinski definition) is 0. The van der Waals surface area contributed by atoms with Gasteiger partial charge >= 0.3 is 0 Å². The number of aromatic nitrogens is 1. The van der Waals surface area contributed by atoms with E-state index in [4.69, 9.17) is 4.74 Å². The molecule has 0 spiro atoms. The predicted octanol–water partition coefficient (Wildman–Crippen LogP) is 2.68. The number of benzene rings is 1. The van der Waals surface area contributed by atoms with E-state index < -0.39 is 10.0 Å². The number of nitrogens with zero attached hydrogens (tertiary/aromatic N) is 3. The number of amides is 1. The molecule has 0 bridgehead atoms. The van der Waals surface area contributed by atoms with Crippen LogP contribution in [0.25, 0.3) is 0 Å². The molecule has 0 saturated carbocycles. The van der Waals surface area contributed by atoms with Crippen LogP contribution in [0.5, 0.6) is 5.75 Å². The second-order valence-electron chi connectivity index (χ2n) is 7.07. The Morgan fingerprint density at radius 2 is 2.03 bits per heavy atom. The summed E-state index contributed by atoms with van der Waals surface area (Å²) in [6.07, 6.45) is 4.90. The maximum atomic E-state index is 13.1. The number of carbonyl (C=O) groups is 1. The van der Waals surface area contributed by atoms with Gasteiger partial charge in [-0.1, -0.05) is 6.07 Å². The molecule has 1 amide bonds. The fraction of sp³-hybridized carbons (Fsp3) is 0.429. The summed E-state index contributed by atoms with van der Waals surface area (Å²) in [6, 6.07) is 10.1. The Hall–Kier alpha value is -2.45. The minimum absolute atomic E-state index is 0.0702. The molecule has 1 saturated heterocycles. The van der Waals surface area contributed by atoms with Gasteiger partial charge in [-0.15, -0.1) is 0 Å². The number of carbonyl (C=O) groups excluding carboxylic acids is 1. The van der Waals surface area contributed by atoms with Crippen molar-refractivity contribution >= 4 is 15.9 Å². The Bertz CT molecular complexity index is 917. The van der Waals surface area contributed by atoms with Gasteiger partial charge in [0.25, 0.3) is 0 Å². The zero-order valence-corrected chi connectivity index (χ0v) is 17.6. The van der Waals surface area contributed by atoms with E-state index in [0.717, 1.165) is 12.0 Å². The fourth-order valence-electron chi connectivity index (χ4n) is 3.60. The van der Waals surface area contributed by atoms with Crippen LogP contribution < -0.4 is 4.74 Å². The first-order valence-electron chi connectivity index (χ1n) is 9.81. The fourth-order valence-corrected chi connectivity index (χ4v) is 5.12. The predicted molar refractivity (Wildman–Crippen MR) is 110 cm³/mol. The van der Waals surface area contributed by atoms with E-state index >= 15 is 0 Å². The number of rotatable bonds is 7. The highest BCUT2D eigenvalue weighted by atomic mass is 32.2. The minimum atomic E-state index is -3.63. The molecule has 1 aliphatic heterocycles. The molecule has 1 atom stereocenters. The third-order valence-corrected chi connectivity index (χ3v) is 6.93. The standard InChI is InChI=1S/C21H27N3O4S/c1-3-28-20-8-10-21(11-9-20)29(26,27)23-13-5-7-19(16-23)24(17(2)25)15-18-6-4-12-22-14-18/h4,6,8-12,14,19H,3,5,7,13,15-16H2,1-2H3. The van der Waals surface area contributed by atoms with Crippen LogP contribution in [-0.4, -0.2) is 54.3 Å². The zero-order valence-electron chi connectivity index (χ0n) is 16.8. The van der Waals surface area contributed by atoms with E-state index in [-0.39, 0.29) is 23.4 Å². The van der Waals surface area contributed by atoms with E-state index in [1.165, 1.54) is 11.2 Å². The van der Waals surface area contributed by atoms with Gasteiger partial charge in [0.05, 0.1) is 11.5 Å². The van der Waals surface area contributed by atoms with Gasteiger partial charge in [0.1, 0.15) is 5.75 Å². The number of pyridine rings is 1. The van der Waals surface area contributed by atoms with Crippen molar-refractivity contribution in [3.8, 4) is 5.75 Å². The molecular weight excluding hydrogens is 390 g/mol. The van der Waals surface area contributed by atoms with Gasteiger partial charge in [0.2, 0.25) is 15.9 Å². The Labute approximate surface area is 172 Å². The maximum Gasteiger partial charge on any atom is 0.243 e. The summed E-state index contributed by atoms with van der Waals surface area (Å²) in [4.78, 5) is 18.4. The van der Waals surface area contributed by atoms with Gasteiger partial charge in [-0.3, -0.25) is 9.78 Å². The molecular formula is C21H27N3O4S. The van der Waals surface area contributed by atoms with Crippen molar-refractivity contribution in [2.45, 2.75) is 44.2 Å². The first-order chi connectivity index (χ1) is 13.9. The van der Waals surface area contributed by atoms with Gasteiger partial charge in [-0.2, -0.15) is 4.31 Å². The first kappa shape index (κ1) is 21.3. The molecule has 2 heterocycles. The van der Waals surface area contributed by atoms with Crippen LogP contribution in [0.2, 0.25) is 0 Å². The average Bonchev–Trinajstić information content (AvgIpc) is 2.73. The minimum Gasteiger partial charge on any atom is -0.494 e. The van der Waals surface area contributed by atoms with Gasteiger partial charge in [-0.05, 0) is 55.7 Å². The molecule has 7 nitrogen and oxygen atoms in total. The van der Waals surface area contributed by atoms with Crippen molar-refractivity contribution in [3.05, 3.63) is 54.4 Å². The maximum absolute atomic E-state index is 13.1. The highest BCUT2D eigenvalue weighted by Gasteiger charge is 2.33. The van der Waals surface area contributed by atoms with E-state index in [9.17, 15) is 13.2 Å². The largest absolute Gasteiger partial charge is 0.494 e. The smallest absolute Gasteiger partial charge is 0.243 e. The third kappa shape index (κ3) is 5.13. The topological polar surface area (TPSA) is 79.8 Å². The van der Waals surface area contributed by atoms with E-state index in [0.29, 0.717) is 31.9 Å². The van der Waals surface area contributed by atoms with Crippen molar-refractivity contribution in [3.63, 3.8) is 0 Å². The van der Waals surface area contributed by atoms with Crippen LogP contribution in [0, 0.1) is 0 Å². The lowest BCUT2D eigenvalue weighted by molar-refractivity contribution is -0.132. The molecule has 3 rings (SSSR count). The SMILES string of the molecule is CCOc1ccc(S(=O)(=O)N2CCCC(N(Cc3cccnc3)C(C)=O)C2)cc1. The second kappa shape index (κ2) is 9.37. The van der Waals surface area contributed by atoms with Gasteiger partial charge < -0.3 is 9.64 Å². The van der Waals surface area contributed by atoms with Gasteiger partial charge in [0, 0.05) is 45.0 Å². The van der Waals surface area contributed by atoms with Crippen molar-refractivity contribution in [1.29, 1.82) is 0 Å². The van der Waals surface area contributed by atoms with Crippen molar-refractivity contribution in [2.75, 3.05) is 19.7 Å². The Balaban J connectivity index is 1.76. The third-order valence-electron chi connectivity index (χ3n) is 5.05. The second-order valence-corrected chi connectivity index (χ2v) is 9.01. The molecule has 1 aliphatic rings. The lowest BCUT2D eigenvalue weighted by atomic mass is 10.0. The highest BCUT2D eigenvalue weighted by molar-refractivity contribution is 7.89. The molecule has 29 heavy (non-hydrogen) atoms. The van der Waals surface area contributed by atoms with E-state index in [1.807, 2.05) is 19.1 Å². The highest BCUT2D eigenvalue weighted by Crippen LogP contribution is 2.25. The lowest BCUT2D eigenvalue weighted by Gasteiger charge is -2.38. The molecule has 0 radical (unpaired) electrons. The summed E-state index contributed by atoms with van der Waals surface area (Å²) in [7, 11) is -3.63. The average molecular weight is 418 g/mol. The monoisotopic (exact) mass is 417 g/mol. The summed E-state index contributed by atoms with van der Waals surface area (Å²) in [5.74, 6) is 0.571. The number of sulfonamides is 1. The molecule has 8 heteroatoms. The van der Waals surface area contributed by atoms with E-state index in [1.54, 1.807) is 41.6 Å². The van der Waals surface area contributed by atoms with Crippen LogP contribution in [0.1, 0.15) is 32.3 Å². The molecule has 1 fully saturated rings. The molecule has 156 valence electrons. The molecule has 2 aromatic rings. The van der Waals surface area contributed by atoms with Crippen molar-refractivity contribution in [2.24, 2.45) is 0 Å². The normalized spacial score (nSPS) is 17.7. The van der Waals surface area contributed by atoms with Crippen molar-refractivity contribution < 1.29 is 17.9 Å². The zero-order chi connectivity index (χ0) is 20.9. The summed E-state index contributed by atoms with van der Waals surface area (Å²) < 4.78 is 33.1. The quantitative estimate of drug-likeness (QED) is 0.692. The van der Waals surface area contributed by atoms with Gasteiger partial charge in [0.15, 0.2) is 0 Å². The Morgan fingerprint density at radius 3 is 2.66 bits per heavy atom. The van der Waals surface area contributed by atoms with Gasteiger partial charge in [-0.25, -0.2) is 8.42 Å². The Morgan fingerprint density at radius 1 is 1.28 bits per heavy atom. The van der Waals surface area contributed by atoms with Crippen LogP contribution in [-0.2, 0) is 21.4 Å². The molecule has 1 aromatic heterocycles. The molecule has 1 aromatic carbocycles.